The van der Waals surface area contributed by atoms with E-state index >= 15 is 0 Å². The molecule has 0 unspecified atom stereocenters. The summed E-state index contributed by atoms with van der Waals surface area (Å²) in [5, 5.41) is 7.54. The Hall–Kier alpha value is -3.55. The number of fused-ring (bicyclic) bond motifs is 1. The van der Waals surface area contributed by atoms with Crippen LogP contribution in [0.5, 0.6) is 0 Å². The Bertz CT molecular complexity index is 1220. The molecule has 0 fully saturated rings. The van der Waals surface area contributed by atoms with E-state index in [9.17, 15) is 18.0 Å². The van der Waals surface area contributed by atoms with Gasteiger partial charge in [0.15, 0.2) is 5.82 Å². The second-order valence-electron chi connectivity index (χ2n) is 6.41. The number of aromatic amines is 1. The van der Waals surface area contributed by atoms with E-state index in [0.29, 0.717) is 11.4 Å². The third-order valence-corrected chi connectivity index (χ3v) is 4.57. The highest BCUT2D eigenvalue weighted by molar-refractivity contribution is 5.91. The van der Waals surface area contributed by atoms with Crippen LogP contribution in [0.4, 0.5) is 19.0 Å². The van der Waals surface area contributed by atoms with Crippen LogP contribution in [0.15, 0.2) is 65.6 Å². The van der Waals surface area contributed by atoms with Crippen LogP contribution in [0.25, 0.3) is 22.0 Å². The van der Waals surface area contributed by atoms with Crippen LogP contribution in [-0.2, 0) is 12.7 Å². The lowest BCUT2D eigenvalue weighted by Gasteiger charge is -2.14. The lowest BCUT2D eigenvalue weighted by molar-refractivity contribution is -0.138. The molecule has 28 heavy (non-hydrogen) atoms. The summed E-state index contributed by atoms with van der Waals surface area (Å²) in [7, 11) is 0. The third kappa shape index (κ3) is 3.24. The molecule has 0 atom stereocenters. The summed E-state index contributed by atoms with van der Waals surface area (Å²) in [6.07, 6.45) is -2.93. The van der Waals surface area contributed by atoms with Gasteiger partial charge < -0.3 is 10.3 Å². The molecule has 142 valence electrons. The minimum Gasteiger partial charge on any atom is -0.382 e. The number of nitrogen functional groups attached to an aromatic ring is 1. The monoisotopic (exact) mass is 384 g/mol. The highest BCUT2D eigenvalue weighted by Gasteiger charge is 2.32. The maximum absolute atomic E-state index is 13.2. The van der Waals surface area contributed by atoms with Gasteiger partial charge in [0.2, 0.25) is 0 Å². The highest BCUT2D eigenvalue weighted by Crippen LogP contribution is 2.32. The van der Waals surface area contributed by atoms with E-state index in [1.165, 1.54) is 28.8 Å². The lowest BCUT2D eigenvalue weighted by atomic mass is 10.0. The van der Waals surface area contributed by atoms with Gasteiger partial charge in [-0.05, 0) is 41.0 Å². The van der Waals surface area contributed by atoms with Crippen LogP contribution < -0.4 is 11.3 Å². The summed E-state index contributed by atoms with van der Waals surface area (Å²) in [6.45, 7) is -0.179. The Labute approximate surface area is 157 Å². The van der Waals surface area contributed by atoms with E-state index in [-0.39, 0.29) is 17.7 Å². The van der Waals surface area contributed by atoms with Crippen LogP contribution in [0, 0.1) is 0 Å². The zero-order valence-corrected chi connectivity index (χ0v) is 14.5. The largest absolute Gasteiger partial charge is 0.416 e. The molecule has 0 bridgehead atoms. The fourth-order valence-electron chi connectivity index (χ4n) is 3.16. The number of nitrogens with one attached hydrogen (secondary N) is 1. The molecule has 4 rings (SSSR count). The number of H-pyrrole nitrogens is 1. The van der Waals surface area contributed by atoms with Crippen molar-refractivity contribution in [3.63, 3.8) is 0 Å². The van der Waals surface area contributed by atoms with Crippen molar-refractivity contribution in [3.8, 4) is 11.1 Å². The van der Waals surface area contributed by atoms with Crippen molar-refractivity contribution in [1.82, 2.24) is 14.8 Å². The van der Waals surface area contributed by atoms with E-state index in [1.54, 1.807) is 18.3 Å². The maximum Gasteiger partial charge on any atom is 0.416 e. The van der Waals surface area contributed by atoms with Crippen LogP contribution >= 0.6 is 0 Å². The zero-order valence-electron chi connectivity index (χ0n) is 14.5. The summed E-state index contributed by atoms with van der Waals surface area (Å²) >= 11 is 0. The highest BCUT2D eigenvalue weighted by atomic mass is 19.4. The van der Waals surface area contributed by atoms with Crippen LogP contribution in [0.3, 0.4) is 0 Å². The first-order valence-corrected chi connectivity index (χ1v) is 8.42. The van der Waals surface area contributed by atoms with Gasteiger partial charge in [0.05, 0.1) is 17.6 Å². The van der Waals surface area contributed by atoms with E-state index in [4.69, 9.17) is 5.73 Å². The summed E-state index contributed by atoms with van der Waals surface area (Å²) in [5.74, 6) is 0.385. The average molecular weight is 384 g/mol. The smallest absolute Gasteiger partial charge is 0.382 e. The van der Waals surface area contributed by atoms with Gasteiger partial charge in [0.1, 0.15) is 0 Å². The lowest BCUT2D eigenvalue weighted by Crippen LogP contribution is -2.21. The minimum absolute atomic E-state index is 0.0334. The SMILES string of the molecule is Nc1n[nH]c2cc(-c3ccc(=O)n(Cc4ccccc4C(F)(F)F)c3)ccc12. The molecular weight excluding hydrogens is 369 g/mol. The molecule has 3 N–H and O–H groups in total. The predicted molar refractivity (Wildman–Crippen MR) is 101 cm³/mol. The van der Waals surface area contributed by atoms with Crippen molar-refractivity contribution in [2.45, 2.75) is 12.7 Å². The molecule has 2 aromatic carbocycles. The molecule has 4 aromatic rings. The van der Waals surface area contributed by atoms with E-state index < -0.39 is 11.7 Å². The number of pyridine rings is 1. The number of rotatable bonds is 3. The predicted octanol–water partition coefficient (Wildman–Crippen LogP) is 4.04. The first-order valence-electron chi connectivity index (χ1n) is 8.42. The third-order valence-electron chi connectivity index (χ3n) is 4.57. The van der Waals surface area contributed by atoms with Crippen LogP contribution in [0.2, 0.25) is 0 Å². The summed E-state index contributed by atoms with van der Waals surface area (Å²) < 4.78 is 41.0. The van der Waals surface area contributed by atoms with Gasteiger partial charge >= 0.3 is 6.18 Å². The molecule has 0 radical (unpaired) electrons. The van der Waals surface area contributed by atoms with Crippen molar-refractivity contribution in [1.29, 1.82) is 0 Å². The van der Waals surface area contributed by atoms with Gasteiger partial charge in [0, 0.05) is 17.6 Å². The minimum atomic E-state index is -4.48. The van der Waals surface area contributed by atoms with Crippen molar-refractivity contribution in [3.05, 3.63) is 82.3 Å². The van der Waals surface area contributed by atoms with Crippen molar-refractivity contribution in [2.75, 3.05) is 5.73 Å². The second kappa shape index (κ2) is 6.56. The van der Waals surface area contributed by atoms with Crippen LogP contribution in [-0.4, -0.2) is 14.8 Å². The van der Waals surface area contributed by atoms with E-state index in [2.05, 4.69) is 10.2 Å². The number of nitrogens with zero attached hydrogens (tertiary/aromatic N) is 2. The fraction of sp³-hybridized carbons (Fsp3) is 0.100. The Balaban J connectivity index is 1.75. The Morgan fingerprint density at radius 2 is 1.79 bits per heavy atom. The molecule has 0 aliphatic heterocycles. The van der Waals surface area contributed by atoms with Crippen LogP contribution in [0.1, 0.15) is 11.1 Å². The van der Waals surface area contributed by atoms with E-state index in [1.807, 2.05) is 12.1 Å². The Morgan fingerprint density at radius 1 is 1.04 bits per heavy atom. The number of benzene rings is 2. The molecule has 0 aliphatic carbocycles. The molecule has 2 aromatic heterocycles. The molecule has 5 nitrogen and oxygen atoms in total. The van der Waals surface area contributed by atoms with Crippen molar-refractivity contribution < 1.29 is 13.2 Å². The van der Waals surface area contributed by atoms with Gasteiger partial charge in [-0.2, -0.15) is 18.3 Å². The summed E-state index contributed by atoms with van der Waals surface area (Å²) in [5.41, 5.74) is 6.88. The molecule has 0 saturated carbocycles. The van der Waals surface area contributed by atoms with Crippen molar-refractivity contribution in [2.24, 2.45) is 0 Å². The number of nitrogens with two attached hydrogens (primary N) is 1. The molecule has 0 aliphatic rings. The molecule has 2 heterocycles. The Kier molecular flexibility index (Phi) is 4.18. The van der Waals surface area contributed by atoms with Gasteiger partial charge in [0.25, 0.3) is 5.56 Å². The number of aromatic nitrogens is 3. The summed E-state index contributed by atoms with van der Waals surface area (Å²) in [6, 6.07) is 13.7. The first-order chi connectivity index (χ1) is 13.3. The number of anilines is 1. The fourth-order valence-corrected chi connectivity index (χ4v) is 3.16. The van der Waals surface area contributed by atoms with Gasteiger partial charge in [-0.1, -0.05) is 24.3 Å². The summed E-state index contributed by atoms with van der Waals surface area (Å²) in [4.78, 5) is 12.2. The number of halogens is 3. The average Bonchev–Trinajstić information content (AvgIpc) is 3.03. The number of hydrogen-bond acceptors (Lipinski definition) is 3. The number of alkyl halides is 3. The normalized spacial score (nSPS) is 11.8. The van der Waals surface area contributed by atoms with Gasteiger partial charge in [-0.25, -0.2) is 0 Å². The van der Waals surface area contributed by atoms with E-state index in [0.717, 1.165) is 22.5 Å². The topological polar surface area (TPSA) is 76.7 Å². The quantitative estimate of drug-likeness (QED) is 0.560. The number of hydrogen-bond donors (Lipinski definition) is 2. The second-order valence-corrected chi connectivity index (χ2v) is 6.41. The van der Waals surface area contributed by atoms with Crippen molar-refractivity contribution >= 4 is 16.7 Å². The molecule has 0 saturated heterocycles. The molecule has 8 heteroatoms. The molecule has 0 spiro atoms. The zero-order chi connectivity index (χ0) is 19.9. The molecular formula is C20H15F3N4O. The Morgan fingerprint density at radius 3 is 2.57 bits per heavy atom. The molecule has 0 amide bonds. The standard InChI is InChI=1S/C20H15F3N4O/c21-20(22,23)16-4-2-1-3-14(16)11-27-10-13(6-8-18(27)28)12-5-7-15-17(9-12)25-26-19(15)24/h1-10H,11H2,(H3,24,25,26). The first kappa shape index (κ1) is 17.8. The van der Waals surface area contributed by atoms with Gasteiger partial charge in [-0.15, -0.1) is 0 Å². The van der Waals surface area contributed by atoms with Gasteiger partial charge in [-0.3, -0.25) is 9.89 Å². The maximum atomic E-state index is 13.2.